The van der Waals surface area contributed by atoms with E-state index in [0.29, 0.717) is 17.8 Å². The van der Waals surface area contributed by atoms with Crippen LogP contribution >= 0.6 is 11.8 Å². The number of rotatable bonds is 5. The highest BCUT2D eigenvalue weighted by atomic mass is 32.2. The standard InChI is InChI=1S/C26H20FN3O2S/c1-17-7-5-6-8-18(17)15-23-25(32)30(21-13-11-19(27)12-14-21)26(33-23)22(16-28)24(31)29-20-9-3-2-4-10-20/h2-14,23H,15H2,1H3,(H,29,31)/b26-22-/t23-/m0/s1. The fourth-order valence-corrected chi connectivity index (χ4v) is 4.86. The van der Waals surface area contributed by atoms with Crippen molar-refractivity contribution in [3.8, 4) is 6.07 Å². The summed E-state index contributed by atoms with van der Waals surface area (Å²) in [4.78, 5) is 27.8. The van der Waals surface area contributed by atoms with E-state index in [1.54, 1.807) is 24.3 Å². The van der Waals surface area contributed by atoms with Crippen LogP contribution in [0.25, 0.3) is 0 Å². The lowest BCUT2D eigenvalue weighted by Crippen LogP contribution is -2.31. The molecule has 3 aromatic rings. The highest BCUT2D eigenvalue weighted by molar-refractivity contribution is 8.05. The Morgan fingerprint density at radius 3 is 2.39 bits per heavy atom. The highest BCUT2D eigenvalue weighted by Crippen LogP contribution is 2.42. The van der Waals surface area contributed by atoms with Crippen LogP contribution in [0.2, 0.25) is 0 Å². The number of thioether (sulfide) groups is 1. The van der Waals surface area contributed by atoms with Gasteiger partial charge in [0.25, 0.3) is 5.91 Å². The van der Waals surface area contributed by atoms with Crippen molar-refractivity contribution < 1.29 is 14.0 Å². The average Bonchev–Trinajstić information content (AvgIpc) is 3.12. The summed E-state index contributed by atoms with van der Waals surface area (Å²) in [5.41, 5.74) is 2.83. The molecule has 7 heteroatoms. The van der Waals surface area contributed by atoms with Gasteiger partial charge in [-0.2, -0.15) is 5.26 Å². The predicted octanol–water partition coefficient (Wildman–Crippen LogP) is 5.20. The number of benzene rings is 3. The summed E-state index contributed by atoms with van der Waals surface area (Å²) < 4.78 is 13.5. The Bertz CT molecular complexity index is 1270. The summed E-state index contributed by atoms with van der Waals surface area (Å²) in [5, 5.41) is 12.3. The summed E-state index contributed by atoms with van der Waals surface area (Å²) >= 11 is 1.18. The SMILES string of the molecule is Cc1ccccc1C[C@@H]1S/C(=C(/C#N)C(=O)Nc2ccccc2)N(c2ccc(F)cc2)C1=O. The Labute approximate surface area is 195 Å². The Kier molecular flexibility index (Phi) is 6.57. The molecular weight excluding hydrogens is 437 g/mol. The molecule has 3 aromatic carbocycles. The van der Waals surface area contributed by atoms with Crippen molar-refractivity contribution in [3.63, 3.8) is 0 Å². The van der Waals surface area contributed by atoms with E-state index in [9.17, 15) is 19.2 Å². The molecule has 1 heterocycles. The van der Waals surface area contributed by atoms with Gasteiger partial charge in [0.15, 0.2) is 0 Å². The number of aryl methyl sites for hydroxylation is 1. The molecule has 0 saturated carbocycles. The van der Waals surface area contributed by atoms with Crippen LogP contribution in [0.4, 0.5) is 15.8 Å². The minimum Gasteiger partial charge on any atom is -0.321 e. The number of carbonyl (C=O) groups is 2. The number of nitrogens with zero attached hydrogens (tertiary/aromatic N) is 2. The van der Waals surface area contributed by atoms with Crippen molar-refractivity contribution in [3.05, 3.63) is 106 Å². The molecule has 1 aliphatic rings. The third kappa shape index (κ3) is 4.81. The van der Waals surface area contributed by atoms with Crippen molar-refractivity contribution in [2.24, 2.45) is 0 Å². The zero-order chi connectivity index (χ0) is 23.4. The van der Waals surface area contributed by atoms with Crippen LogP contribution < -0.4 is 10.2 Å². The van der Waals surface area contributed by atoms with Gasteiger partial charge < -0.3 is 5.32 Å². The molecule has 4 rings (SSSR count). The molecule has 1 N–H and O–H groups in total. The second kappa shape index (κ2) is 9.72. The summed E-state index contributed by atoms with van der Waals surface area (Å²) in [7, 11) is 0. The van der Waals surface area contributed by atoms with E-state index in [1.165, 1.54) is 40.9 Å². The number of hydrogen-bond acceptors (Lipinski definition) is 4. The van der Waals surface area contributed by atoms with Crippen LogP contribution in [-0.2, 0) is 16.0 Å². The molecule has 164 valence electrons. The quantitative estimate of drug-likeness (QED) is 0.422. The number of anilines is 2. The third-order valence-electron chi connectivity index (χ3n) is 5.29. The molecule has 0 aromatic heterocycles. The second-order valence-electron chi connectivity index (χ2n) is 7.50. The van der Waals surface area contributed by atoms with Gasteiger partial charge in [-0.25, -0.2) is 4.39 Å². The van der Waals surface area contributed by atoms with E-state index in [2.05, 4.69) is 5.32 Å². The molecule has 0 radical (unpaired) electrons. The number of hydrogen-bond donors (Lipinski definition) is 1. The fourth-order valence-electron chi connectivity index (χ4n) is 3.57. The van der Waals surface area contributed by atoms with Gasteiger partial charge in [0.05, 0.1) is 5.25 Å². The van der Waals surface area contributed by atoms with Crippen LogP contribution in [0.1, 0.15) is 11.1 Å². The molecule has 1 aliphatic heterocycles. The zero-order valence-corrected chi connectivity index (χ0v) is 18.6. The fraction of sp³-hybridized carbons (Fsp3) is 0.115. The number of para-hydroxylation sites is 1. The smallest absolute Gasteiger partial charge is 0.269 e. The van der Waals surface area contributed by atoms with Crippen molar-refractivity contribution in [1.29, 1.82) is 5.26 Å². The van der Waals surface area contributed by atoms with E-state index in [1.807, 2.05) is 43.3 Å². The molecule has 0 bridgehead atoms. The van der Waals surface area contributed by atoms with Crippen molar-refractivity contribution in [2.45, 2.75) is 18.6 Å². The van der Waals surface area contributed by atoms with Gasteiger partial charge in [-0.3, -0.25) is 14.5 Å². The van der Waals surface area contributed by atoms with Crippen molar-refractivity contribution in [1.82, 2.24) is 0 Å². The second-order valence-corrected chi connectivity index (χ2v) is 8.69. The maximum absolute atomic E-state index is 13.5. The molecule has 0 aliphatic carbocycles. The topological polar surface area (TPSA) is 73.2 Å². The monoisotopic (exact) mass is 457 g/mol. The minimum atomic E-state index is -0.609. The predicted molar refractivity (Wildman–Crippen MR) is 128 cm³/mol. The van der Waals surface area contributed by atoms with E-state index in [0.717, 1.165) is 11.1 Å². The Hall–Kier alpha value is -3.89. The molecule has 1 fully saturated rings. The normalized spacial score (nSPS) is 16.9. The molecular formula is C26H20FN3O2S. The molecule has 33 heavy (non-hydrogen) atoms. The van der Waals surface area contributed by atoms with Crippen LogP contribution in [0.15, 0.2) is 89.5 Å². The lowest BCUT2D eigenvalue weighted by atomic mass is 10.0. The van der Waals surface area contributed by atoms with Crippen LogP contribution in [0.3, 0.4) is 0 Å². The maximum Gasteiger partial charge on any atom is 0.269 e. The first-order chi connectivity index (χ1) is 16.0. The molecule has 5 nitrogen and oxygen atoms in total. The van der Waals surface area contributed by atoms with E-state index in [-0.39, 0.29) is 16.5 Å². The zero-order valence-electron chi connectivity index (χ0n) is 17.8. The number of carbonyl (C=O) groups excluding carboxylic acids is 2. The van der Waals surface area contributed by atoms with Crippen LogP contribution in [0.5, 0.6) is 0 Å². The van der Waals surface area contributed by atoms with E-state index in [4.69, 9.17) is 0 Å². The van der Waals surface area contributed by atoms with Gasteiger partial charge in [0.1, 0.15) is 22.5 Å². The Balaban J connectivity index is 1.74. The van der Waals surface area contributed by atoms with Gasteiger partial charge in [-0.1, -0.05) is 54.2 Å². The molecule has 1 atom stereocenters. The van der Waals surface area contributed by atoms with Crippen molar-refractivity contribution in [2.75, 3.05) is 10.2 Å². The van der Waals surface area contributed by atoms with Crippen LogP contribution in [0, 0.1) is 24.1 Å². The number of halogens is 1. The van der Waals surface area contributed by atoms with Gasteiger partial charge >= 0.3 is 0 Å². The van der Waals surface area contributed by atoms with Gasteiger partial charge in [-0.15, -0.1) is 0 Å². The first-order valence-corrected chi connectivity index (χ1v) is 11.2. The first kappa shape index (κ1) is 22.3. The molecule has 1 saturated heterocycles. The number of nitriles is 1. The van der Waals surface area contributed by atoms with Gasteiger partial charge in [0.2, 0.25) is 5.91 Å². The largest absolute Gasteiger partial charge is 0.321 e. The number of amides is 2. The molecule has 2 amide bonds. The Morgan fingerprint density at radius 1 is 1.06 bits per heavy atom. The van der Waals surface area contributed by atoms with Crippen LogP contribution in [-0.4, -0.2) is 17.1 Å². The maximum atomic E-state index is 13.5. The average molecular weight is 458 g/mol. The Morgan fingerprint density at radius 2 is 1.73 bits per heavy atom. The van der Waals surface area contributed by atoms with Gasteiger partial charge in [0, 0.05) is 11.4 Å². The highest BCUT2D eigenvalue weighted by Gasteiger charge is 2.41. The number of nitrogens with one attached hydrogen (secondary N) is 1. The van der Waals surface area contributed by atoms with E-state index >= 15 is 0 Å². The van der Waals surface area contributed by atoms with Crippen molar-refractivity contribution >= 4 is 35.0 Å². The summed E-state index contributed by atoms with van der Waals surface area (Å²) in [6, 6.07) is 23.9. The third-order valence-corrected chi connectivity index (χ3v) is 6.55. The summed E-state index contributed by atoms with van der Waals surface area (Å²) in [6.45, 7) is 1.97. The first-order valence-electron chi connectivity index (χ1n) is 10.3. The minimum absolute atomic E-state index is 0.172. The van der Waals surface area contributed by atoms with Gasteiger partial charge in [-0.05, 0) is 60.9 Å². The lowest BCUT2D eigenvalue weighted by Gasteiger charge is -2.18. The summed E-state index contributed by atoms with van der Waals surface area (Å²) in [5.74, 6) is -1.31. The summed E-state index contributed by atoms with van der Waals surface area (Å²) in [6.07, 6.45) is 0.441. The lowest BCUT2D eigenvalue weighted by molar-refractivity contribution is -0.117. The molecule has 0 unspecified atom stereocenters. The van der Waals surface area contributed by atoms with E-state index < -0.39 is 17.0 Å². The molecule has 0 spiro atoms.